The molecule has 2 aromatic heterocycles. The van der Waals surface area contributed by atoms with Gasteiger partial charge in [-0.15, -0.1) is 35.1 Å². The fourth-order valence-electron chi connectivity index (χ4n) is 3.52. The van der Waals surface area contributed by atoms with E-state index in [-0.39, 0.29) is 12.4 Å². The lowest BCUT2D eigenvalue weighted by molar-refractivity contribution is 0.319. The third-order valence-corrected chi connectivity index (χ3v) is 6.73. The summed E-state index contributed by atoms with van der Waals surface area (Å²) in [6, 6.07) is 15.0. The number of rotatable bonds is 5. The van der Waals surface area contributed by atoms with Gasteiger partial charge >= 0.3 is 0 Å². The predicted octanol–water partition coefficient (Wildman–Crippen LogP) is 4.47. The highest BCUT2D eigenvalue weighted by Crippen LogP contribution is 2.34. The Balaban J connectivity index is 0.00000182. The molecule has 3 nitrogen and oxygen atoms in total. The number of thiazole rings is 1. The number of nitrogens with zero attached hydrogens (tertiary/aromatic N) is 2. The first kappa shape index (κ1) is 18.5. The maximum atomic E-state index is 6.05. The van der Waals surface area contributed by atoms with E-state index < -0.39 is 0 Å². The molecule has 0 amide bonds. The molecule has 25 heavy (non-hydrogen) atoms. The Labute approximate surface area is 162 Å². The van der Waals surface area contributed by atoms with E-state index in [1.807, 2.05) is 17.5 Å². The fraction of sp³-hybridized carbons (Fsp3) is 0.316. The van der Waals surface area contributed by atoms with Gasteiger partial charge in [0.15, 0.2) is 0 Å². The molecule has 0 saturated carbocycles. The minimum atomic E-state index is 0. The average Bonchev–Trinajstić information content (AvgIpc) is 3.36. The molecule has 1 aliphatic heterocycles. The lowest BCUT2D eigenvalue weighted by Crippen LogP contribution is -2.22. The molecule has 0 bridgehead atoms. The summed E-state index contributed by atoms with van der Waals surface area (Å²) >= 11 is 3.56. The van der Waals surface area contributed by atoms with Gasteiger partial charge in [-0.3, -0.25) is 4.90 Å². The highest BCUT2D eigenvalue weighted by atomic mass is 35.5. The smallest absolute Gasteiger partial charge is 0.133 e. The first-order chi connectivity index (χ1) is 11.8. The van der Waals surface area contributed by atoms with Gasteiger partial charge in [0.25, 0.3) is 0 Å². The van der Waals surface area contributed by atoms with Gasteiger partial charge in [-0.25, -0.2) is 4.98 Å². The van der Waals surface area contributed by atoms with Crippen LogP contribution in [0.25, 0.3) is 9.88 Å². The molecule has 3 heterocycles. The van der Waals surface area contributed by atoms with E-state index in [0.29, 0.717) is 11.8 Å². The largest absolute Gasteiger partial charge is 0.330 e. The van der Waals surface area contributed by atoms with Crippen molar-refractivity contribution >= 4 is 35.1 Å². The van der Waals surface area contributed by atoms with Crippen molar-refractivity contribution in [2.75, 3.05) is 19.6 Å². The average molecular weight is 392 g/mol. The van der Waals surface area contributed by atoms with Crippen molar-refractivity contribution in [3.05, 3.63) is 64.5 Å². The molecule has 3 aromatic rings. The van der Waals surface area contributed by atoms with E-state index in [9.17, 15) is 0 Å². The van der Waals surface area contributed by atoms with Gasteiger partial charge in [0, 0.05) is 36.6 Å². The minimum Gasteiger partial charge on any atom is -0.330 e. The first-order valence-corrected chi connectivity index (χ1v) is 9.99. The van der Waals surface area contributed by atoms with E-state index >= 15 is 0 Å². The quantitative estimate of drug-likeness (QED) is 0.697. The fourth-order valence-corrected chi connectivity index (χ4v) is 5.28. The van der Waals surface area contributed by atoms with Gasteiger partial charge in [0.05, 0.1) is 4.88 Å². The van der Waals surface area contributed by atoms with Crippen molar-refractivity contribution in [1.82, 2.24) is 9.88 Å². The number of nitrogens with two attached hydrogens (primary N) is 1. The van der Waals surface area contributed by atoms with Gasteiger partial charge in [-0.1, -0.05) is 36.4 Å². The Bertz CT molecular complexity index is 773. The second-order valence-corrected chi connectivity index (χ2v) is 8.38. The predicted molar refractivity (Wildman–Crippen MR) is 110 cm³/mol. The Kier molecular flexibility index (Phi) is 6.25. The van der Waals surface area contributed by atoms with E-state index in [0.717, 1.165) is 31.2 Å². The number of hydrogen-bond acceptors (Lipinski definition) is 5. The topological polar surface area (TPSA) is 42.1 Å². The second-order valence-electron chi connectivity index (χ2n) is 6.32. The highest BCUT2D eigenvalue weighted by molar-refractivity contribution is 7.20. The lowest BCUT2D eigenvalue weighted by Gasteiger charge is -2.16. The number of halogens is 1. The summed E-state index contributed by atoms with van der Waals surface area (Å²) in [5, 5.41) is 3.24. The normalized spacial score (nSPS) is 20.5. The Hall–Kier alpha value is -1.24. The molecule has 2 atom stereocenters. The number of benzene rings is 1. The summed E-state index contributed by atoms with van der Waals surface area (Å²) in [5.41, 5.74) is 7.47. The van der Waals surface area contributed by atoms with Crippen LogP contribution in [-0.4, -0.2) is 29.5 Å². The number of likely N-dealkylation sites (tertiary alicyclic amines) is 1. The molecule has 2 N–H and O–H groups in total. The molecule has 0 spiro atoms. The van der Waals surface area contributed by atoms with E-state index in [1.165, 1.54) is 15.3 Å². The molecule has 0 radical (unpaired) electrons. The molecule has 1 aromatic carbocycles. The van der Waals surface area contributed by atoms with Crippen molar-refractivity contribution in [3.8, 4) is 9.88 Å². The number of aromatic nitrogens is 1. The molecule has 1 fully saturated rings. The number of thiophene rings is 1. The third-order valence-electron chi connectivity index (χ3n) is 4.71. The highest BCUT2D eigenvalue weighted by Gasteiger charge is 2.32. The Morgan fingerprint density at radius 1 is 1.12 bits per heavy atom. The second kappa shape index (κ2) is 8.43. The maximum absolute atomic E-state index is 6.05. The van der Waals surface area contributed by atoms with Crippen molar-refractivity contribution in [2.45, 2.75) is 12.5 Å². The van der Waals surface area contributed by atoms with Gasteiger partial charge in [-0.2, -0.15) is 0 Å². The summed E-state index contributed by atoms with van der Waals surface area (Å²) in [6.45, 7) is 3.88. The molecular weight excluding hydrogens is 370 g/mol. The molecule has 1 saturated heterocycles. The Morgan fingerprint density at radius 2 is 1.96 bits per heavy atom. The van der Waals surface area contributed by atoms with Crippen LogP contribution in [0.15, 0.2) is 54.0 Å². The molecule has 4 rings (SSSR count). The van der Waals surface area contributed by atoms with Crippen LogP contribution in [-0.2, 0) is 6.54 Å². The zero-order chi connectivity index (χ0) is 16.4. The third kappa shape index (κ3) is 4.13. The van der Waals surface area contributed by atoms with Gasteiger partial charge in [-0.05, 0) is 29.5 Å². The van der Waals surface area contributed by atoms with Crippen LogP contribution in [0.1, 0.15) is 16.4 Å². The summed E-state index contributed by atoms with van der Waals surface area (Å²) < 4.78 is 0. The Morgan fingerprint density at radius 3 is 2.68 bits per heavy atom. The standard InChI is InChI=1S/C19H21N3S2.ClH/c20-9-15-11-22(13-17(15)14-5-2-1-3-6-14)12-16-10-21-19(24-16)18-7-4-8-23-18;/h1-8,10,15,17H,9,11-13,20H2;1H/t15-,17+;/m1./s1. The van der Waals surface area contributed by atoms with Gasteiger partial charge in [0.2, 0.25) is 0 Å². The lowest BCUT2D eigenvalue weighted by atomic mass is 9.89. The molecule has 132 valence electrons. The summed E-state index contributed by atoms with van der Waals surface area (Å²) in [7, 11) is 0. The van der Waals surface area contributed by atoms with E-state index in [1.54, 1.807) is 11.3 Å². The van der Waals surface area contributed by atoms with E-state index in [4.69, 9.17) is 5.73 Å². The molecule has 1 aliphatic rings. The van der Waals surface area contributed by atoms with Crippen molar-refractivity contribution < 1.29 is 0 Å². The van der Waals surface area contributed by atoms with Crippen LogP contribution in [0.4, 0.5) is 0 Å². The monoisotopic (exact) mass is 391 g/mol. The zero-order valence-electron chi connectivity index (χ0n) is 13.9. The van der Waals surface area contributed by atoms with Crippen LogP contribution >= 0.6 is 35.1 Å². The summed E-state index contributed by atoms with van der Waals surface area (Å²) in [5.74, 6) is 1.08. The summed E-state index contributed by atoms with van der Waals surface area (Å²) in [4.78, 5) is 9.72. The van der Waals surface area contributed by atoms with Gasteiger partial charge < -0.3 is 5.73 Å². The SMILES string of the molecule is Cl.NC[C@@H]1CN(Cc2cnc(-c3cccs3)s2)C[C@H]1c1ccccc1. The number of hydrogen-bond donors (Lipinski definition) is 1. The van der Waals surface area contributed by atoms with Crippen LogP contribution in [0, 0.1) is 5.92 Å². The van der Waals surface area contributed by atoms with Crippen LogP contribution in [0.3, 0.4) is 0 Å². The van der Waals surface area contributed by atoms with E-state index in [2.05, 4.69) is 57.7 Å². The zero-order valence-corrected chi connectivity index (χ0v) is 16.3. The van der Waals surface area contributed by atoms with Crippen molar-refractivity contribution in [3.63, 3.8) is 0 Å². The molecule has 0 unspecified atom stereocenters. The van der Waals surface area contributed by atoms with Crippen LogP contribution in [0.2, 0.25) is 0 Å². The van der Waals surface area contributed by atoms with Crippen LogP contribution in [0.5, 0.6) is 0 Å². The summed E-state index contributed by atoms with van der Waals surface area (Å²) in [6.07, 6.45) is 2.03. The van der Waals surface area contributed by atoms with Gasteiger partial charge in [0.1, 0.15) is 5.01 Å². The maximum Gasteiger partial charge on any atom is 0.133 e. The van der Waals surface area contributed by atoms with Crippen LogP contribution < -0.4 is 5.73 Å². The molecule has 0 aliphatic carbocycles. The van der Waals surface area contributed by atoms with Crippen molar-refractivity contribution in [1.29, 1.82) is 0 Å². The minimum absolute atomic E-state index is 0. The molecule has 6 heteroatoms. The molecular formula is C19H22ClN3S2. The van der Waals surface area contributed by atoms with Crippen molar-refractivity contribution in [2.24, 2.45) is 11.7 Å². The first-order valence-electron chi connectivity index (χ1n) is 8.29.